The summed E-state index contributed by atoms with van der Waals surface area (Å²) in [6.45, 7) is 4.47. The van der Waals surface area contributed by atoms with Crippen LogP contribution in [0.1, 0.15) is 23.1 Å². The quantitative estimate of drug-likeness (QED) is 0.536. The number of nitrogens with one attached hydrogen (secondary N) is 1. The molecular formula is C27H25N3O4S. The molecule has 3 aromatic rings. The Balaban J connectivity index is 1.40. The third-order valence-electron chi connectivity index (χ3n) is 5.83. The van der Waals surface area contributed by atoms with Crippen molar-refractivity contribution in [1.82, 2.24) is 4.90 Å². The molecule has 1 N–H and O–H groups in total. The van der Waals surface area contributed by atoms with Gasteiger partial charge in [0, 0.05) is 12.1 Å². The molecule has 0 bridgehead atoms. The number of aliphatic imine (C=N–C) groups is 1. The molecule has 8 heteroatoms. The first kappa shape index (κ1) is 23.0. The number of thioether (sulfide) groups is 1. The van der Waals surface area contributed by atoms with E-state index in [0.717, 1.165) is 22.4 Å². The number of fused-ring (bicyclic) bond motifs is 1. The summed E-state index contributed by atoms with van der Waals surface area (Å²) in [4.78, 5) is 32.8. The average molecular weight is 488 g/mol. The van der Waals surface area contributed by atoms with Crippen LogP contribution < -0.4 is 14.8 Å². The molecule has 35 heavy (non-hydrogen) atoms. The standard InChI is InChI=1S/C27H25N3O4S/c1-17-8-10-21(18(2)12-17)29-26(32)24-14-25(31)30(27(35-24)28-20-6-4-3-5-7-20)15-19-9-11-22-23(13-19)34-16-33-22/h3-13,24H,14-16H2,1-2H3,(H,29,32)/t24-/m1/s1. The molecule has 2 heterocycles. The Hall–Kier alpha value is -3.78. The van der Waals surface area contributed by atoms with Crippen LogP contribution in [-0.2, 0) is 16.1 Å². The summed E-state index contributed by atoms with van der Waals surface area (Å²) in [6.07, 6.45) is 0.0831. The fourth-order valence-corrected chi connectivity index (χ4v) is 5.10. The van der Waals surface area contributed by atoms with Crippen molar-refractivity contribution in [3.05, 3.63) is 83.4 Å². The summed E-state index contributed by atoms with van der Waals surface area (Å²) in [7, 11) is 0. The lowest BCUT2D eigenvalue weighted by molar-refractivity contribution is -0.129. The van der Waals surface area contributed by atoms with Gasteiger partial charge < -0.3 is 14.8 Å². The van der Waals surface area contributed by atoms with E-state index in [2.05, 4.69) is 5.32 Å². The molecule has 5 rings (SSSR count). The van der Waals surface area contributed by atoms with E-state index >= 15 is 0 Å². The molecule has 2 aliphatic heterocycles. The number of benzene rings is 3. The Bertz CT molecular complexity index is 1310. The molecule has 0 aromatic heterocycles. The van der Waals surface area contributed by atoms with Crippen LogP contribution in [0.4, 0.5) is 11.4 Å². The fraction of sp³-hybridized carbons (Fsp3) is 0.222. The van der Waals surface area contributed by atoms with Gasteiger partial charge in [0.1, 0.15) is 5.25 Å². The maximum absolute atomic E-state index is 13.3. The molecule has 0 aliphatic carbocycles. The summed E-state index contributed by atoms with van der Waals surface area (Å²) in [5, 5.41) is 2.90. The molecule has 2 aliphatic rings. The summed E-state index contributed by atoms with van der Waals surface area (Å²) in [5.41, 5.74) is 4.46. The molecule has 1 atom stereocenters. The molecule has 0 spiro atoms. The molecule has 3 aromatic carbocycles. The molecule has 0 unspecified atom stereocenters. The third kappa shape index (κ3) is 5.17. The van der Waals surface area contributed by atoms with Crippen molar-refractivity contribution in [2.75, 3.05) is 12.1 Å². The van der Waals surface area contributed by atoms with Gasteiger partial charge in [-0.2, -0.15) is 0 Å². The molecule has 178 valence electrons. The van der Waals surface area contributed by atoms with Gasteiger partial charge in [-0.15, -0.1) is 0 Å². The van der Waals surface area contributed by atoms with Crippen molar-refractivity contribution in [2.45, 2.75) is 32.1 Å². The van der Waals surface area contributed by atoms with Gasteiger partial charge in [0.15, 0.2) is 16.7 Å². The van der Waals surface area contributed by atoms with Gasteiger partial charge in [-0.3, -0.25) is 14.5 Å². The SMILES string of the molecule is Cc1ccc(NC(=O)[C@H]2CC(=O)N(Cc3ccc4c(c3)OCO4)C(=Nc3ccccc3)S2)c(C)c1. The van der Waals surface area contributed by atoms with Gasteiger partial charge in [-0.1, -0.05) is 53.7 Å². The Labute approximate surface area is 208 Å². The molecule has 2 amide bonds. The van der Waals surface area contributed by atoms with Crippen molar-refractivity contribution < 1.29 is 19.1 Å². The van der Waals surface area contributed by atoms with Crippen LogP contribution in [0.3, 0.4) is 0 Å². The predicted octanol–water partition coefficient (Wildman–Crippen LogP) is 5.19. The number of hydrogen-bond acceptors (Lipinski definition) is 6. The molecule has 7 nitrogen and oxygen atoms in total. The second-order valence-electron chi connectivity index (χ2n) is 8.52. The van der Waals surface area contributed by atoms with Crippen molar-refractivity contribution in [3.63, 3.8) is 0 Å². The number of anilines is 1. The van der Waals surface area contributed by atoms with Crippen LogP contribution in [0.25, 0.3) is 0 Å². The summed E-state index contributed by atoms with van der Waals surface area (Å²) < 4.78 is 10.9. The monoisotopic (exact) mass is 487 g/mol. The van der Waals surface area contributed by atoms with Crippen molar-refractivity contribution >= 4 is 40.1 Å². The minimum absolute atomic E-state index is 0.0831. The van der Waals surface area contributed by atoms with Crippen LogP contribution in [0.2, 0.25) is 0 Å². The second kappa shape index (κ2) is 9.84. The number of nitrogens with zero attached hydrogens (tertiary/aromatic N) is 2. The van der Waals surface area contributed by atoms with Crippen LogP contribution in [0.5, 0.6) is 11.5 Å². The van der Waals surface area contributed by atoms with Crippen molar-refractivity contribution in [3.8, 4) is 11.5 Å². The predicted molar refractivity (Wildman–Crippen MR) is 137 cm³/mol. The first-order valence-corrected chi connectivity index (χ1v) is 12.2. The third-order valence-corrected chi connectivity index (χ3v) is 7.02. The number of para-hydroxylation sites is 1. The highest BCUT2D eigenvalue weighted by Gasteiger charge is 2.36. The molecule has 0 radical (unpaired) electrons. The van der Waals surface area contributed by atoms with Gasteiger partial charge in [0.25, 0.3) is 0 Å². The second-order valence-corrected chi connectivity index (χ2v) is 9.69. The maximum atomic E-state index is 13.3. The Kier molecular flexibility index (Phi) is 6.46. The van der Waals surface area contributed by atoms with Crippen LogP contribution in [0.15, 0.2) is 71.7 Å². The van der Waals surface area contributed by atoms with Gasteiger partial charge >= 0.3 is 0 Å². The molecule has 1 saturated heterocycles. The largest absolute Gasteiger partial charge is 0.454 e. The minimum Gasteiger partial charge on any atom is -0.454 e. The zero-order valence-corrected chi connectivity index (χ0v) is 20.3. The number of aryl methyl sites for hydroxylation is 2. The number of carbonyl (C=O) groups excluding carboxylic acids is 2. The van der Waals surface area contributed by atoms with Gasteiger partial charge in [0.2, 0.25) is 18.6 Å². The minimum atomic E-state index is -0.585. The van der Waals surface area contributed by atoms with Crippen molar-refractivity contribution in [2.24, 2.45) is 4.99 Å². The first-order valence-electron chi connectivity index (χ1n) is 11.3. The van der Waals surface area contributed by atoms with E-state index in [9.17, 15) is 9.59 Å². The zero-order chi connectivity index (χ0) is 24.4. The zero-order valence-electron chi connectivity index (χ0n) is 19.5. The fourth-order valence-electron chi connectivity index (χ4n) is 4.00. The van der Waals surface area contributed by atoms with Gasteiger partial charge in [-0.05, 0) is 55.3 Å². The normalized spacial score (nSPS) is 18.1. The van der Waals surface area contributed by atoms with Crippen LogP contribution >= 0.6 is 11.8 Å². The topological polar surface area (TPSA) is 80.2 Å². The lowest BCUT2D eigenvalue weighted by Gasteiger charge is -2.32. The highest BCUT2D eigenvalue weighted by Crippen LogP contribution is 2.35. The van der Waals surface area contributed by atoms with E-state index in [4.69, 9.17) is 14.5 Å². The molecule has 0 saturated carbocycles. The number of ether oxygens (including phenoxy) is 2. The highest BCUT2D eigenvalue weighted by atomic mass is 32.2. The number of hydrogen-bond donors (Lipinski definition) is 1. The summed E-state index contributed by atoms with van der Waals surface area (Å²) in [6, 6.07) is 20.9. The lowest BCUT2D eigenvalue weighted by Crippen LogP contribution is -2.44. The number of amidine groups is 1. The molecular weight excluding hydrogens is 462 g/mol. The van der Waals surface area contributed by atoms with Gasteiger partial charge in [-0.25, -0.2) is 4.99 Å². The van der Waals surface area contributed by atoms with E-state index in [1.54, 1.807) is 4.90 Å². The van der Waals surface area contributed by atoms with E-state index in [-0.39, 0.29) is 25.0 Å². The Morgan fingerprint density at radius 2 is 1.86 bits per heavy atom. The van der Waals surface area contributed by atoms with E-state index in [0.29, 0.717) is 28.9 Å². The first-order chi connectivity index (χ1) is 17.0. The molecule has 1 fully saturated rings. The Morgan fingerprint density at radius 1 is 1.06 bits per heavy atom. The highest BCUT2D eigenvalue weighted by molar-refractivity contribution is 8.15. The number of rotatable bonds is 5. The van der Waals surface area contributed by atoms with E-state index in [1.165, 1.54) is 11.8 Å². The smallest absolute Gasteiger partial charge is 0.238 e. The summed E-state index contributed by atoms with van der Waals surface area (Å²) >= 11 is 1.31. The van der Waals surface area contributed by atoms with Crippen molar-refractivity contribution in [1.29, 1.82) is 0 Å². The Morgan fingerprint density at radius 3 is 2.66 bits per heavy atom. The van der Waals surface area contributed by atoms with E-state index < -0.39 is 5.25 Å². The van der Waals surface area contributed by atoms with Crippen LogP contribution in [0, 0.1) is 13.8 Å². The van der Waals surface area contributed by atoms with E-state index in [1.807, 2.05) is 80.6 Å². The number of carbonyl (C=O) groups is 2. The number of amides is 2. The van der Waals surface area contributed by atoms with Gasteiger partial charge in [0.05, 0.1) is 12.2 Å². The average Bonchev–Trinajstić information content (AvgIpc) is 3.31. The summed E-state index contributed by atoms with van der Waals surface area (Å²) in [5.74, 6) is 0.983. The van der Waals surface area contributed by atoms with Crippen LogP contribution in [-0.4, -0.2) is 33.9 Å². The maximum Gasteiger partial charge on any atom is 0.238 e. The lowest BCUT2D eigenvalue weighted by atomic mass is 10.1.